The third kappa shape index (κ3) is 3.58. The molecule has 1 rings (SSSR count). The fourth-order valence-corrected chi connectivity index (χ4v) is 1.72. The van der Waals surface area contributed by atoms with Gasteiger partial charge < -0.3 is 9.84 Å². The molecule has 17 heavy (non-hydrogen) atoms. The highest BCUT2D eigenvalue weighted by Crippen LogP contribution is 2.21. The molecule has 0 spiro atoms. The van der Waals surface area contributed by atoms with Crippen molar-refractivity contribution in [3.05, 3.63) is 17.0 Å². The molecular weight excluding hydrogens is 216 g/mol. The van der Waals surface area contributed by atoms with E-state index in [9.17, 15) is 4.79 Å². The monoisotopic (exact) mass is 238 g/mol. The van der Waals surface area contributed by atoms with Crippen LogP contribution in [0.15, 0.2) is 4.52 Å². The van der Waals surface area contributed by atoms with Crippen LogP contribution in [0.3, 0.4) is 0 Å². The van der Waals surface area contributed by atoms with E-state index in [0.717, 1.165) is 25.8 Å². The summed E-state index contributed by atoms with van der Waals surface area (Å²) in [6, 6.07) is 0. The minimum atomic E-state index is -0.0662. The van der Waals surface area contributed by atoms with Gasteiger partial charge in [-0.05, 0) is 13.3 Å². The van der Waals surface area contributed by atoms with E-state index in [1.54, 1.807) is 6.92 Å². The number of carbonyl (C=O) groups is 1. The van der Waals surface area contributed by atoms with Gasteiger partial charge in [-0.3, -0.25) is 4.79 Å². The average Bonchev–Trinajstić information content (AvgIpc) is 2.66. The second-order valence-electron chi connectivity index (χ2n) is 4.62. The zero-order valence-electron chi connectivity index (χ0n) is 11.2. The van der Waals surface area contributed by atoms with Crippen LogP contribution in [0.4, 0.5) is 0 Å². The Morgan fingerprint density at radius 1 is 1.41 bits per heavy atom. The predicted octanol–water partition coefficient (Wildman–Crippen LogP) is 3.03. The van der Waals surface area contributed by atoms with Crippen LogP contribution in [0, 0.1) is 6.92 Å². The van der Waals surface area contributed by atoms with Gasteiger partial charge in [0.1, 0.15) is 5.56 Å². The molecule has 0 aliphatic heterocycles. The fraction of sp³-hybridized carbons (Fsp3) is 0.692. The van der Waals surface area contributed by atoms with E-state index < -0.39 is 0 Å². The number of amides is 1. The van der Waals surface area contributed by atoms with Crippen LogP contribution in [-0.4, -0.2) is 17.6 Å². The Balaban J connectivity index is 2.65. The predicted molar refractivity (Wildman–Crippen MR) is 67.2 cm³/mol. The molecule has 4 nitrogen and oxygen atoms in total. The number of rotatable bonds is 6. The molecule has 0 fully saturated rings. The number of nitrogens with one attached hydrogen (secondary N) is 1. The van der Waals surface area contributed by atoms with Crippen molar-refractivity contribution < 1.29 is 9.32 Å². The Hall–Kier alpha value is -1.32. The minimum absolute atomic E-state index is 0.0662. The van der Waals surface area contributed by atoms with E-state index in [4.69, 9.17) is 4.52 Å². The van der Waals surface area contributed by atoms with Gasteiger partial charge in [-0.1, -0.05) is 38.8 Å². The smallest absolute Gasteiger partial charge is 0.256 e. The number of hydrogen-bond acceptors (Lipinski definition) is 3. The van der Waals surface area contributed by atoms with Crippen molar-refractivity contribution in [1.29, 1.82) is 0 Å². The quantitative estimate of drug-likeness (QED) is 0.775. The molecule has 0 radical (unpaired) electrons. The molecule has 1 heterocycles. The first-order chi connectivity index (χ1) is 8.07. The number of aromatic nitrogens is 1. The highest BCUT2D eigenvalue weighted by atomic mass is 16.5. The lowest BCUT2D eigenvalue weighted by Gasteiger charge is -2.06. The molecule has 1 N–H and O–H groups in total. The van der Waals surface area contributed by atoms with Crippen LogP contribution < -0.4 is 5.32 Å². The van der Waals surface area contributed by atoms with Crippen molar-refractivity contribution in [2.75, 3.05) is 6.54 Å². The lowest BCUT2D eigenvalue weighted by Crippen LogP contribution is -2.25. The zero-order valence-corrected chi connectivity index (χ0v) is 11.2. The molecule has 0 saturated heterocycles. The van der Waals surface area contributed by atoms with Gasteiger partial charge in [0.2, 0.25) is 0 Å². The molecule has 0 aliphatic carbocycles. The van der Waals surface area contributed by atoms with E-state index in [1.807, 2.05) is 13.8 Å². The summed E-state index contributed by atoms with van der Waals surface area (Å²) in [5.41, 5.74) is 1.28. The van der Waals surface area contributed by atoms with Crippen molar-refractivity contribution in [1.82, 2.24) is 10.5 Å². The molecule has 0 unspecified atom stereocenters. The summed E-state index contributed by atoms with van der Waals surface area (Å²) in [5, 5.41) is 6.78. The highest BCUT2D eigenvalue weighted by molar-refractivity contribution is 5.96. The SMILES string of the molecule is CCCCCNC(=O)c1c(C)noc1C(C)C. The molecule has 96 valence electrons. The summed E-state index contributed by atoms with van der Waals surface area (Å²) in [7, 11) is 0. The molecule has 0 saturated carbocycles. The number of unbranched alkanes of at least 4 members (excludes halogenated alkanes) is 2. The van der Waals surface area contributed by atoms with E-state index in [1.165, 1.54) is 0 Å². The van der Waals surface area contributed by atoms with Gasteiger partial charge in [0.25, 0.3) is 5.91 Å². The molecule has 1 aromatic heterocycles. The molecule has 0 bridgehead atoms. The zero-order chi connectivity index (χ0) is 12.8. The lowest BCUT2D eigenvalue weighted by molar-refractivity contribution is 0.0950. The first kappa shape index (κ1) is 13.7. The van der Waals surface area contributed by atoms with E-state index >= 15 is 0 Å². The van der Waals surface area contributed by atoms with Crippen molar-refractivity contribution in [2.45, 2.75) is 52.9 Å². The Morgan fingerprint density at radius 2 is 2.12 bits per heavy atom. The third-order valence-corrected chi connectivity index (χ3v) is 2.71. The molecule has 1 amide bonds. The summed E-state index contributed by atoms with van der Waals surface area (Å²) in [6.45, 7) is 8.65. The molecule has 0 atom stereocenters. The standard InChI is InChI=1S/C13H22N2O2/c1-5-6-7-8-14-13(16)11-10(4)15-17-12(11)9(2)3/h9H,5-8H2,1-4H3,(H,14,16). The second-order valence-corrected chi connectivity index (χ2v) is 4.62. The number of aryl methyl sites for hydroxylation is 1. The number of hydrogen-bond donors (Lipinski definition) is 1. The van der Waals surface area contributed by atoms with Crippen molar-refractivity contribution in [3.63, 3.8) is 0 Å². The first-order valence-corrected chi connectivity index (χ1v) is 6.32. The number of carbonyl (C=O) groups excluding carboxylic acids is 1. The highest BCUT2D eigenvalue weighted by Gasteiger charge is 2.21. The van der Waals surface area contributed by atoms with E-state index in [2.05, 4.69) is 17.4 Å². The maximum Gasteiger partial charge on any atom is 0.256 e. The van der Waals surface area contributed by atoms with Crippen LogP contribution in [0.5, 0.6) is 0 Å². The lowest BCUT2D eigenvalue weighted by atomic mass is 10.0. The largest absolute Gasteiger partial charge is 0.360 e. The normalized spacial score (nSPS) is 10.9. The second kappa shape index (κ2) is 6.42. The van der Waals surface area contributed by atoms with Crippen LogP contribution in [0.25, 0.3) is 0 Å². The Bertz CT molecular complexity index is 369. The molecular formula is C13H22N2O2. The first-order valence-electron chi connectivity index (χ1n) is 6.32. The van der Waals surface area contributed by atoms with Gasteiger partial charge in [0, 0.05) is 12.5 Å². The van der Waals surface area contributed by atoms with E-state index in [-0.39, 0.29) is 11.8 Å². The van der Waals surface area contributed by atoms with Crippen LogP contribution in [0.1, 0.15) is 67.8 Å². The van der Waals surface area contributed by atoms with Gasteiger partial charge in [0.15, 0.2) is 5.76 Å². The van der Waals surface area contributed by atoms with Gasteiger partial charge in [-0.25, -0.2) is 0 Å². The summed E-state index contributed by atoms with van der Waals surface area (Å²) in [4.78, 5) is 12.0. The van der Waals surface area contributed by atoms with Gasteiger partial charge in [-0.15, -0.1) is 0 Å². The van der Waals surface area contributed by atoms with Gasteiger partial charge in [-0.2, -0.15) is 0 Å². The maximum atomic E-state index is 12.0. The van der Waals surface area contributed by atoms with Crippen molar-refractivity contribution in [2.24, 2.45) is 0 Å². The Morgan fingerprint density at radius 3 is 2.71 bits per heavy atom. The van der Waals surface area contributed by atoms with Crippen molar-refractivity contribution in [3.8, 4) is 0 Å². The summed E-state index contributed by atoms with van der Waals surface area (Å²) in [5.74, 6) is 0.784. The van der Waals surface area contributed by atoms with Gasteiger partial charge in [0.05, 0.1) is 5.69 Å². The topological polar surface area (TPSA) is 55.1 Å². The summed E-state index contributed by atoms with van der Waals surface area (Å²) in [6.07, 6.45) is 3.31. The maximum absolute atomic E-state index is 12.0. The molecule has 0 aromatic carbocycles. The Kier molecular flexibility index (Phi) is 5.19. The summed E-state index contributed by atoms with van der Waals surface area (Å²) < 4.78 is 5.19. The minimum Gasteiger partial charge on any atom is -0.360 e. The van der Waals surface area contributed by atoms with Crippen LogP contribution in [0.2, 0.25) is 0 Å². The summed E-state index contributed by atoms with van der Waals surface area (Å²) >= 11 is 0. The number of nitrogens with zero attached hydrogens (tertiary/aromatic N) is 1. The third-order valence-electron chi connectivity index (χ3n) is 2.71. The molecule has 4 heteroatoms. The van der Waals surface area contributed by atoms with Crippen LogP contribution >= 0.6 is 0 Å². The van der Waals surface area contributed by atoms with Gasteiger partial charge >= 0.3 is 0 Å². The fourth-order valence-electron chi connectivity index (χ4n) is 1.72. The van der Waals surface area contributed by atoms with Crippen LogP contribution in [-0.2, 0) is 0 Å². The molecule has 0 aliphatic rings. The Labute approximate surface area is 103 Å². The molecule has 1 aromatic rings. The average molecular weight is 238 g/mol. The van der Waals surface area contributed by atoms with E-state index in [0.29, 0.717) is 17.0 Å². The van der Waals surface area contributed by atoms with Crippen molar-refractivity contribution >= 4 is 5.91 Å².